The molecule has 0 heterocycles. The van der Waals surface area contributed by atoms with Crippen molar-refractivity contribution < 1.29 is 14.1 Å². The summed E-state index contributed by atoms with van der Waals surface area (Å²) >= 11 is 3.08. The van der Waals surface area contributed by atoms with E-state index in [-0.39, 0.29) is 10.2 Å². The molecule has 0 saturated heterocycles. The fourth-order valence-electron chi connectivity index (χ4n) is 1.81. The molecule has 0 fully saturated rings. The first-order valence-corrected chi connectivity index (χ1v) is 6.69. The lowest BCUT2D eigenvalue weighted by Crippen LogP contribution is -2.13. The SMILES string of the molecule is Cc1cc(F)ccc1C(=O)Nc1ccc([N+](=O)[O-])c(Br)c1. The minimum atomic E-state index is -0.528. The van der Waals surface area contributed by atoms with Gasteiger partial charge in [0.15, 0.2) is 0 Å². The number of carbonyl (C=O) groups is 1. The zero-order valence-corrected chi connectivity index (χ0v) is 12.5. The molecule has 0 bridgehead atoms. The molecule has 7 heteroatoms. The average molecular weight is 353 g/mol. The highest BCUT2D eigenvalue weighted by Gasteiger charge is 2.14. The number of anilines is 1. The van der Waals surface area contributed by atoms with Crippen LogP contribution in [0.15, 0.2) is 40.9 Å². The second kappa shape index (κ2) is 6.01. The normalized spacial score (nSPS) is 10.2. The maximum Gasteiger partial charge on any atom is 0.283 e. The number of nitrogens with one attached hydrogen (secondary N) is 1. The number of hydrogen-bond donors (Lipinski definition) is 1. The summed E-state index contributed by atoms with van der Waals surface area (Å²) < 4.78 is 13.3. The number of nitrogens with zero attached hydrogens (tertiary/aromatic N) is 1. The number of rotatable bonds is 3. The Labute approximate surface area is 128 Å². The molecule has 0 aliphatic rings. The van der Waals surface area contributed by atoms with Crippen LogP contribution in [0.1, 0.15) is 15.9 Å². The van der Waals surface area contributed by atoms with Crippen molar-refractivity contribution in [3.63, 3.8) is 0 Å². The molecule has 0 aliphatic carbocycles. The number of halogens is 2. The summed E-state index contributed by atoms with van der Waals surface area (Å²) in [6.45, 7) is 1.63. The lowest BCUT2D eigenvalue weighted by molar-refractivity contribution is -0.385. The van der Waals surface area contributed by atoms with Crippen LogP contribution < -0.4 is 5.32 Å². The predicted molar refractivity (Wildman–Crippen MR) is 79.9 cm³/mol. The van der Waals surface area contributed by atoms with E-state index in [2.05, 4.69) is 21.2 Å². The number of aryl methyl sites for hydroxylation is 1. The summed E-state index contributed by atoms with van der Waals surface area (Å²) in [6.07, 6.45) is 0. The van der Waals surface area contributed by atoms with Crippen molar-refractivity contribution in [2.24, 2.45) is 0 Å². The smallest absolute Gasteiger partial charge is 0.283 e. The van der Waals surface area contributed by atoms with Gasteiger partial charge in [0.2, 0.25) is 0 Å². The molecular weight excluding hydrogens is 343 g/mol. The second-order valence-electron chi connectivity index (χ2n) is 4.34. The number of amides is 1. The second-order valence-corrected chi connectivity index (χ2v) is 5.19. The van der Waals surface area contributed by atoms with Crippen molar-refractivity contribution in [3.05, 3.63) is 67.9 Å². The molecule has 0 atom stereocenters. The summed E-state index contributed by atoms with van der Waals surface area (Å²) in [5, 5.41) is 13.3. The standard InChI is InChI=1S/C14H10BrFN2O3/c1-8-6-9(16)2-4-11(8)14(19)17-10-3-5-13(18(20)21)12(15)7-10/h2-7H,1H3,(H,17,19). The molecule has 0 aliphatic heterocycles. The van der Waals surface area contributed by atoms with Crippen molar-refractivity contribution in [2.75, 3.05) is 5.32 Å². The first-order valence-electron chi connectivity index (χ1n) is 5.90. The maximum absolute atomic E-state index is 13.0. The molecule has 108 valence electrons. The van der Waals surface area contributed by atoms with Gasteiger partial charge in [-0.15, -0.1) is 0 Å². The van der Waals surface area contributed by atoms with E-state index in [1.165, 1.54) is 36.4 Å². The molecule has 2 rings (SSSR count). The van der Waals surface area contributed by atoms with Crippen molar-refractivity contribution in [2.45, 2.75) is 6.92 Å². The Morgan fingerprint density at radius 3 is 2.57 bits per heavy atom. The van der Waals surface area contributed by atoms with E-state index in [0.717, 1.165) is 0 Å². The Morgan fingerprint density at radius 1 is 1.29 bits per heavy atom. The van der Waals surface area contributed by atoms with E-state index >= 15 is 0 Å². The van der Waals surface area contributed by atoms with E-state index in [9.17, 15) is 19.3 Å². The quantitative estimate of drug-likeness (QED) is 0.668. The van der Waals surface area contributed by atoms with Gasteiger partial charge in [-0.3, -0.25) is 14.9 Å². The van der Waals surface area contributed by atoms with Crippen LogP contribution in [-0.2, 0) is 0 Å². The molecule has 5 nitrogen and oxygen atoms in total. The van der Waals surface area contributed by atoms with Crippen molar-refractivity contribution in [1.82, 2.24) is 0 Å². The van der Waals surface area contributed by atoms with E-state index in [1.807, 2.05) is 0 Å². The molecular formula is C14H10BrFN2O3. The van der Waals surface area contributed by atoms with Gasteiger partial charge in [0.05, 0.1) is 9.40 Å². The lowest BCUT2D eigenvalue weighted by Gasteiger charge is -2.08. The van der Waals surface area contributed by atoms with Crippen LogP contribution in [0.3, 0.4) is 0 Å². The van der Waals surface area contributed by atoms with Crippen LogP contribution >= 0.6 is 15.9 Å². The van der Waals surface area contributed by atoms with Crippen molar-refractivity contribution in [3.8, 4) is 0 Å². The third-order valence-electron chi connectivity index (χ3n) is 2.84. The summed E-state index contributed by atoms with van der Waals surface area (Å²) in [6, 6.07) is 8.01. The van der Waals surface area contributed by atoms with Crippen LogP contribution in [-0.4, -0.2) is 10.8 Å². The minimum Gasteiger partial charge on any atom is -0.322 e. The Kier molecular flexibility index (Phi) is 4.32. The third-order valence-corrected chi connectivity index (χ3v) is 3.47. The lowest BCUT2D eigenvalue weighted by atomic mass is 10.1. The number of carbonyl (C=O) groups excluding carboxylic acids is 1. The Morgan fingerprint density at radius 2 is 2.00 bits per heavy atom. The van der Waals surface area contributed by atoms with E-state index in [0.29, 0.717) is 16.8 Å². The van der Waals surface area contributed by atoms with Gasteiger partial charge in [-0.1, -0.05) is 0 Å². The van der Waals surface area contributed by atoms with Crippen LogP contribution in [0.2, 0.25) is 0 Å². The Hall–Kier alpha value is -2.28. The maximum atomic E-state index is 13.0. The van der Waals surface area contributed by atoms with Gasteiger partial charge in [-0.25, -0.2) is 4.39 Å². The summed E-state index contributed by atoms with van der Waals surface area (Å²) in [5.41, 5.74) is 1.16. The summed E-state index contributed by atoms with van der Waals surface area (Å²) in [4.78, 5) is 22.3. The largest absolute Gasteiger partial charge is 0.322 e. The molecule has 2 aromatic rings. The molecule has 0 saturated carbocycles. The van der Waals surface area contributed by atoms with E-state index in [1.54, 1.807) is 6.92 Å². The van der Waals surface area contributed by atoms with Gasteiger partial charge >= 0.3 is 0 Å². The predicted octanol–water partition coefficient (Wildman–Crippen LogP) is 4.06. The van der Waals surface area contributed by atoms with E-state index in [4.69, 9.17) is 0 Å². The molecule has 0 radical (unpaired) electrons. The van der Waals surface area contributed by atoms with Gasteiger partial charge in [0.25, 0.3) is 11.6 Å². The molecule has 1 amide bonds. The fraction of sp³-hybridized carbons (Fsp3) is 0.0714. The Bertz CT molecular complexity index is 734. The molecule has 2 aromatic carbocycles. The van der Waals surface area contributed by atoms with E-state index < -0.39 is 16.6 Å². The third kappa shape index (κ3) is 3.43. The zero-order chi connectivity index (χ0) is 15.6. The highest BCUT2D eigenvalue weighted by molar-refractivity contribution is 9.10. The number of hydrogen-bond acceptors (Lipinski definition) is 3. The van der Waals surface area contributed by atoms with Gasteiger partial charge in [-0.2, -0.15) is 0 Å². The highest BCUT2D eigenvalue weighted by Crippen LogP contribution is 2.28. The van der Waals surface area contributed by atoms with Crippen molar-refractivity contribution in [1.29, 1.82) is 0 Å². The topological polar surface area (TPSA) is 72.2 Å². The first kappa shape index (κ1) is 15.1. The van der Waals surface area contributed by atoms with Gasteiger partial charge in [0.1, 0.15) is 5.82 Å². The van der Waals surface area contributed by atoms with Gasteiger partial charge in [-0.05, 0) is 58.7 Å². The number of nitro groups is 1. The summed E-state index contributed by atoms with van der Waals surface area (Å²) in [7, 11) is 0. The monoisotopic (exact) mass is 352 g/mol. The molecule has 0 spiro atoms. The fourth-order valence-corrected chi connectivity index (χ4v) is 2.34. The molecule has 0 aromatic heterocycles. The number of benzene rings is 2. The van der Waals surface area contributed by atoms with Gasteiger partial charge in [0, 0.05) is 17.3 Å². The highest BCUT2D eigenvalue weighted by atomic mass is 79.9. The Balaban J connectivity index is 2.23. The van der Waals surface area contributed by atoms with Crippen LogP contribution in [0.5, 0.6) is 0 Å². The van der Waals surface area contributed by atoms with Crippen molar-refractivity contribution >= 4 is 33.2 Å². The molecule has 21 heavy (non-hydrogen) atoms. The average Bonchev–Trinajstić information content (AvgIpc) is 2.37. The van der Waals surface area contributed by atoms with Gasteiger partial charge < -0.3 is 5.32 Å². The summed E-state index contributed by atoms with van der Waals surface area (Å²) in [5.74, 6) is -0.824. The number of nitro benzene ring substituents is 1. The first-order chi connectivity index (χ1) is 9.88. The van der Waals surface area contributed by atoms with Crippen LogP contribution in [0.4, 0.5) is 15.8 Å². The van der Waals surface area contributed by atoms with Crippen LogP contribution in [0.25, 0.3) is 0 Å². The van der Waals surface area contributed by atoms with Crippen LogP contribution in [0, 0.1) is 22.9 Å². The zero-order valence-electron chi connectivity index (χ0n) is 10.9. The molecule has 0 unspecified atom stereocenters. The molecule has 1 N–H and O–H groups in total. The minimum absolute atomic E-state index is 0.0917.